The number of thiazole rings is 2. The second-order valence-electron chi connectivity index (χ2n) is 20.2. The zero-order valence-corrected chi connectivity index (χ0v) is 62.2. The van der Waals surface area contributed by atoms with E-state index in [2.05, 4.69) is 53.5 Å². The summed E-state index contributed by atoms with van der Waals surface area (Å²) in [5, 5.41) is 10.8. The molecule has 0 spiro atoms. The highest BCUT2D eigenvalue weighted by atomic mass is 35.7. The number of carbonyl (C=O) groups excluding carboxylic acids is 3. The Morgan fingerprint density at radius 1 is 0.433 bits per heavy atom. The fourth-order valence-electron chi connectivity index (χ4n) is 7.48. The van der Waals surface area contributed by atoms with Gasteiger partial charge in [-0.2, -0.15) is 0 Å². The van der Waals surface area contributed by atoms with Crippen molar-refractivity contribution in [2.24, 2.45) is 11.5 Å². The van der Waals surface area contributed by atoms with Gasteiger partial charge in [0.1, 0.15) is 46.0 Å². The molecule has 4 aromatic carbocycles. The first kappa shape index (κ1) is 89.2. The van der Waals surface area contributed by atoms with Crippen LogP contribution in [0, 0.1) is 37.1 Å². The lowest BCUT2D eigenvalue weighted by Crippen LogP contribution is -2.23. The number of esters is 2. The number of pyridine rings is 4. The number of rotatable bonds is 22. The van der Waals surface area contributed by atoms with E-state index in [4.69, 9.17) is 27.3 Å². The molecule has 0 radical (unpaired) electrons. The standard InChI is InChI=1S/C19H18FN3O3S2.C14H13FN2O4S.C13H11FN2O4S.C8H10N2O2.C6H4ClFO2S.C5H8N2S.2ClH/c1-13-21-12-16(27-13)5-9-19(24)18-8-2-14(10-22-18)11-23-28(25,26)17-6-3-15(20)4-7-17;1-21-14(18)13-7-2-10(8-16-13)9-17-22(19,20)12-5-3-11(15)4-6-12;14-10-2-4-11(5-3-10)21(19,20)16-8-9-1-6-12(13(17)18)15-7-9;1-12-8(11)7-3-2-6(4-9)5-10-7;7-11(9,10)6-3-1-5(8)2-4-6;1-4-7-3-5(2-6)8-4;;/h2-4,6-8,10,12,23H,5,9,11H2,1H3;2-8,17H,9H2,1H3;1-7,16H,8H2,(H,17,18);2-3,5H,4,9H2,1H3;1-4H;3H,2,6H2,1H3;2*1H. The molecule has 0 saturated carbocycles. The molecule has 0 saturated heterocycles. The smallest absolute Gasteiger partial charge is 0.356 e. The molecule has 0 aliphatic rings. The molecule has 0 amide bonds. The molecule has 0 atom stereocenters. The lowest BCUT2D eigenvalue weighted by Gasteiger charge is -2.07. The van der Waals surface area contributed by atoms with Gasteiger partial charge in [0.2, 0.25) is 30.1 Å². The Hall–Kier alpha value is -8.99. The molecule has 10 aromatic rings. The van der Waals surface area contributed by atoms with Gasteiger partial charge in [-0.05, 0) is 164 Å². The average molecular weight is 1620 g/mol. The largest absolute Gasteiger partial charge is 0.477 e. The summed E-state index contributed by atoms with van der Waals surface area (Å²) < 4.78 is 160. The molecule has 556 valence electrons. The Morgan fingerprint density at radius 3 is 1.00 bits per heavy atom. The third-order valence-electron chi connectivity index (χ3n) is 12.8. The molecule has 6 aromatic heterocycles. The Labute approximate surface area is 621 Å². The zero-order valence-electron chi connectivity index (χ0n) is 54.9. The van der Waals surface area contributed by atoms with Crippen LogP contribution in [0.15, 0.2) is 202 Å². The van der Waals surface area contributed by atoms with Crippen LogP contribution in [0.1, 0.15) is 90.4 Å². The van der Waals surface area contributed by atoms with Crippen molar-refractivity contribution in [1.29, 1.82) is 0 Å². The normalized spacial score (nSPS) is 10.8. The molecular formula is C65H66Cl3F4N11O15S6. The summed E-state index contributed by atoms with van der Waals surface area (Å²) in [4.78, 5) is 70.8. The van der Waals surface area contributed by atoms with Crippen molar-refractivity contribution in [2.75, 3.05) is 14.2 Å². The van der Waals surface area contributed by atoms with Crippen LogP contribution in [0.25, 0.3) is 0 Å². The zero-order chi connectivity index (χ0) is 75.2. The van der Waals surface area contributed by atoms with Gasteiger partial charge in [-0.3, -0.25) is 9.78 Å². The van der Waals surface area contributed by atoms with Gasteiger partial charge in [0, 0.05) is 96.8 Å². The van der Waals surface area contributed by atoms with Gasteiger partial charge < -0.3 is 26.0 Å². The molecule has 0 aliphatic carbocycles. The summed E-state index contributed by atoms with van der Waals surface area (Å²) in [7, 11) is -7.45. The number of sulfonamides is 3. The molecule has 6 heterocycles. The second-order valence-corrected chi connectivity index (χ2v) is 30.8. The number of carboxylic acids is 1. The van der Waals surface area contributed by atoms with E-state index in [1.807, 2.05) is 20.0 Å². The van der Waals surface area contributed by atoms with Gasteiger partial charge in [-0.1, -0.05) is 24.3 Å². The summed E-state index contributed by atoms with van der Waals surface area (Å²) >= 11 is 3.22. The Bertz CT molecular complexity index is 4860. The minimum Gasteiger partial charge on any atom is -0.477 e. The summed E-state index contributed by atoms with van der Waals surface area (Å²) in [6.07, 6.45) is 10.2. The van der Waals surface area contributed by atoms with Gasteiger partial charge >= 0.3 is 17.9 Å². The van der Waals surface area contributed by atoms with Crippen molar-refractivity contribution < 1.29 is 85.0 Å². The van der Waals surface area contributed by atoms with Gasteiger partial charge in [0.25, 0.3) is 9.05 Å². The highest BCUT2D eigenvalue weighted by Crippen LogP contribution is 2.19. The number of ketones is 1. The molecule has 0 aliphatic heterocycles. The number of aryl methyl sites for hydroxylation is 3. The first-order valence-corrected chi connectivity index (χ1v) is 37.5. The van der Waals surface area contributed by atoms with Gasteiger partial charge in [0.15, 0.2) is 5.78 Å². The number of halogens is 7. The number of carbonyl (C=O) groups is 4. The van der Waals surface area contributed by atoms with Crippen molar-refractivity contribution in [2.45, 2.75) is 79.0 Å². The Kier molecular flexibility index (Phi) is 37.2. The predicted octanol–water partition coefficient (Wildman–Crippen LogP) is 10.00. The van der Waals surface area contributed by atoms with Crippen molar-refractivity contribution >= 4 is 121 Å². The first-order valence-electron chi connectivity index (χ1n) is 29.2. The number of nitrogens with two attached hydrogens (primary N) is 2. The van der Waals surface area contributed by atoms with Gasteiger partial charge in [0.05, 0.1) is 43.8 Å². The van der Waals surface area contributed by atoms with Crippen molar-refractivity contribution in [3.63, 3.8) is 0 Å². The predicted molar refractivity (Wildman–Crippen MR) is 384 cm³/mol. The maximum atomic E-state index is 12.9. The van der Waals surface area contributed by atoms with Crippen LogP contribution >= 0.6 is 58.2 Å². The lowest BCUT2D eigenvalue weighted by atomic mass is 10.1. The number of nitrogens with one attached hydrogen (secondary N) is 3. The molecule has 0 unspecified atom stereocenters. The van der Waals surface area contributed by atoms with Crippen LogP contribution in [0.2, 0.25) is 0 Å². The summed E-state index contributed by atoms with van der Waals surface area (Å²) in [6, 6.07) is 30.1. The minimum absolute atomic E-state index is 0. The highest BCUT2D eigenvalue weighted by molar-refractivity contribution is 8.13. The maximum Gasteiger partial charge on any atom is 0.356 e. The monoisotopic (exact) mass is 1610 g/mol. The second kappa shape index (κ2) is 43.3. The lowest BCUT2D eigenvalue weighted by molar-refractivity contribution is 0.0585. The third-order valence-corrected chi connectivity index (χ3v) is 20.4. The highest BCUT2D eigenvalue weighted by Gasteiger charge is 2.18. The van der Waals surface area contributed by atoms with Crippen LogP contribution in [-0.2, 0) is 87.7 Å². The summed E-state index contributed by atoms with van der Waals surface area (Å²) in [6.45, 7) is 4.90. The molecule has 0 bridgehead atoms. The molecule has 10 rings (SSSR count). The number of hydrogen-bond donors (Lipinski definition) is 6. The fraction of sp³-hybridized carbons (Fsp3) is 0.169. The molecule has 8 N–H and O–H groups in total. The van der Waals surface area contributed by atoms with Crippen LogP contribution in [0.4, 0.5) is 17.6 Å². The van der Waals surface area contributed by atoms with Crippen LogP contribution in [-0.4, -0.2) is 107 Å². The number of benzene rings is 4. The van der Waals surface area contributed by atoms with Crippen molar-refractivity contribution in [1.82, 2.24) is 44.1 Å². The molecule has 39 heteroatoms. The molecular weight excluding hydrogens is 1550 g/mol. The van der Waals surface area contributed by atoms with Crippen LogP contribution in [0.5, 0.6) is 0 Å². The number of Topliss-reactive ketones (excluding diaryl/α,β-unsaturated/α-hetero) is 1. The third kappa shape index (κ3) is 30.8. The van der Waals surface area contributed by atoms with E-state index in [0.29, 0.717) is 54.0 Å². The Balaban J connectivity index is 0.000000337. The van der Waals surface area contributed by atoms with E-state index in [1.54, 1.807) is 65.4 Å². The van der Waals surface area contributed by atoms with Gasteiger partial charge in [-0.15, -0.1) is 47.5 Å². The number of aromatic carboxylic acids is 1. The summed E-state index contributed by atoms with van der Waals surface area (Å²) in [5.41, 5.74) is 13.9. The Morgan fingerprint density at radius 2 is 0.740 bits per heavy atom. The number of carboxylic acid groups (broad SMARTS) is 1. The molecule has 0 fully saturated rings. The van der Waals surface area contributed by atoms with E-state index >= 15 is 0 Å². The topological polar surface area (TPSA) is 409 Å². The number of methoxy groups -OCH3 is 2. The average Bonchev–Trinajstić information content (AvgIpc) is 0.969. The summed E-state index contributed by atoms with van der Waals surface area (Å²) in [5.74, 6) is -4.28. The number of ether oxygens (including phenoxy) is 2. The fourth-order valence-corrected chi connectivity index (χ4v) is 12.8. The minimum atomic E-state index is -3.76. The number of hydrogen-bond acceptors (Lipinski definition) is 24. The number of aromatic nitrogens is 6. The van der Waals surface area contributed by atoms with Crippen molar-refractivity contribution in [3.05, 3.63) is 271 Å². The van der Waals surface area contributed by atoms with Crippen LogP contribution < -0.4 is 25.6 Å². The quantitative estimate of drug-likeness (QED) is 0.0159. The number of nitrogens with zero attached hydrogens (tertiary/aromatic N) is 6. The van der Waals surface area contributed by atoms with Gasteiger partial charge in [-0.25, -0.2) is 105 Å². The van der Waals surface area contributed by atoms with E-state index in [-0.39, 0.29) is 81.2 Å². The maximum absolute atomic E-state index is 12.9. The van der Waals surface area contributed by atoms with E-state index < -0.39 is 80.3 Å². The van der Waals surface area contributed by atoms with E-state index in [0.717, 1.165) is 98.1 Å². The molecule has 104 heavy (non-hydrogen) atoms. The van der Waals surface area contributed by atoms with Crippen LogP contribution in [0.3, 0.4) is 0 Å². The SMILES string of the molecule is COC(=O)c1ccc(CN)cn1.COC(=O)c1ccc(CNS(=O)(=O)c2ccc(F)cc2)cn1.Cc1ncc(CCC(=O)c2ccc(CNS(=O)(=O)c3ccc(F)cc3)cn2)s1.Cc1ncc(CN)s1.Cl.Cl.O=C(O)c1ccc(CNS(=O)(=O)c2ccc(F)cc2)cn1.O=S(=O)(Cl)c1ccc(F)cc1. The van der Waals surface area contributed by atoms with Crippen molar-refractivity contribution in [3.8, 4) is 0 Å². The first-order chi connectivity index (χ1) is 48.2. The van der Waals surface area contributed by atoms with E-state index in [1.165, 1.54) is 75.3 Å². The van der Waals surface area contributed by atoms with E-state index in [9.17, 15) is 70.4 Å². The molecule has 26 nitrogen and oxygen atoms in total.